The topological polar surface area (TPSA) is 57.6 Å². The molecule has 2 rings (SSSR count). The lowest BCUT2D eigenvalue weighted by molar-refractivity contribution is -0.152. The number of carboxylic acid groups (broad SMARTS) is 1. The predicted octanol–water partition coefficient (Wildman–Crippen LogP) is 2.70. The van der Waals surface area contributed by atoms with Crippen LogP contribution >= 0.6 is 0 Å². The van der Waals surface area contributed by atoms with Gasteiger partial charge in [0.05, 0.1) is 0 Å². The minimum absolute atomic E-state index is 0.0405. The molecule has 1 saturated heterocycles. The molecule has 1 aromatic carbocycles. The van der Waals surface area contributed by atoms with Crippen molar-refractivity contribution >= 4 is 11.9 Å². The molecular formula is C17H23NO3. The first kappa shape index (κ1) is 15.5. The fourth-order valence-corrected chi connectivity index (χ4v) is 3.10. The smallest absolute Gasteiger partial charge is 0.326 e. The zero-order chi connectivity index (χ0) is 15.4. The van der Waals surface area contributed by atoms with Crippen molar-refractivity contribution in [1.82, 2.24) is 4.90 Å². The van der Waals surface area contributed by atoms with E-state index in [-0.39, 0.29) is 5.91 Å². The lowest BCUT2D eigenvalue weighted by atomic mass is 10.00. The summed E-state index contributed by atoms with van der Waals surface area (Å²) in [6.45, 7) is 4.66. The van der Waals surface area contributed by atoms with Crippen molar-refractivity contribution in [1.29, 1.82) is 0 Å². The van der Waals surface area contributed by atoms with Gasteiger partial charge >= 0.3 is 5.97 Å². The summed E-state index contributed by atoms with van der Waals surface area (Å²) in [6, 6.07) is 5.65. The van der Waals surface area contributed by atoms with E-state index in [4.69, 9.17) is 0 Å². The second-order valence-corrected chi connectivity index (χ2v) is 5.93. The summed E-state index contributed by atoms with van der Waals surface area (Å²) >= 11 is 0. The number of hydrogen-bond acceptors (Lipinski definition) is 2. The molecule has 4 nitrogen and oxygen atoms in total. The molecule has 21 heavy (non-hydrogen) atoms. The second-order valence-electron chi connectivity index (χ2n) is 5.93. The number of rotatable bonds is 4. The maximum atomic E-state index is 12.3. The van der Waals surface area contributed by atoms with Crippen LogP contribution in [-0.2, 0) is 16.0 Å². The molecule has 0 bridgehead atoms. The lowest BCUT2D eigenvalue weighted by Crippen LogP contribution is -2.48. The Bertz CT molecular complexity index is 519. The Morgan fingerprint density at radius 2 is 1.86 bits per heavy atom. The number of hydrogen-bond donors (Lipinski definition) is 1. The first-order valence-corrected chi connectivity index (χ1v) is 7.57. The van der Waals surface area contributed by atoms with E-state index in [0.29, 0.717) is 25.8 Å². The summed E-state index contributed by atoms with van der Waals surface area (Å²) in [5, 5.41) is 9.22. The third-order valence-corrected chi connectivity index (χ3v) is 4.02. The fraction of sp³-hybridized carbons (Fsp3) is 0.529. The standard InChI is InChI=1S/C17H23NO3/c1-12-9-13(2)11-14(10-12)6-7-16(19)18-8-4-3-5-15(18)17(20)21/h9-11,15H,3-8H2,1-2H3,(H,20,21)/t15-/m1/s1. The van der Waals surface area contributed by atoms with Gasteiger partial charge in [-0.3, -0.25) is 4.79 Å². The highest BCUT2D eigenvalue weighted by Gasteiger charge is 2.31. The van der Waals surface area contributed by atoms with Crippen molar-refractivity contribution in [2.24, 2.45) is 0 Å². The lowest BCUT2D eigenvalue weighted by Gasteiger charge is -2.33. The van der Waals surface area contributed by atoms with Gasteiger partial charge in [0.2, 0.25) is 5.91 Å². The zero-order valence-corrected chi connectivity index (χ0v) is 12.8. The third-order valence-electron chi connectivity index (χ3n) is 4.02. The Hall–Kier alpha value is -1.84. The quantitative estimate of drug-likeness (QED) is 0.927. The van der Waals surface area contributed by atoms with Crippen molar-refractivity contribution in [2.75, 3.05) is 6.54 Å². The molecule has 0 aromatic heterocycles. The summed E-state index contributed by atoms with van der Waals surface area (Å²) in [6.07, 6.45) is 3.42. The van der Waals surface area contributed by atoms with Gasteiger partial charge in [-0.05, 0) is 45.1 Å². The molecule has 0 unspecified atom stereocenters. The van der Waals surface area contributed by atoms with Crippen LogP contribution in [-0.4, -0.2) is 34.5 Å². The van der Waals surface area contributed by atoms with Crippen LogP contribution in [0.15, 0.2) is 18.2 Å². The first-order chi connectivity index (χ1) is 9.97. The number of benzene rings is 1. The van der Waals surface area contributed by atoms with E-state index < -0.39 is 12.0 Å². The maximum absolute atomic E-state index is 12.3. The molecule has 0 saturated carbocycles. The SMILES string of the molecule is Cc1cc(C)cc(CCC(=O)N2CCCC[C@@H]2C(=O)O)c1. The highest BCUT2D eigenvalue weighted by atomic mass is 16.4. The third kappa shape index (κ3) is 4.06. The van der Waals surface area contributed by atoms with Crippen molar-refractivity contribution in [3.8, 4) is 0 Å². The van der Waals surface area contributed by atoms with Crippen LogP contribution in [0, 0.1) is 13.8 Å². The predicted molar refractivity (Wildman–Crippen MR) is 81.2 cm³/mol. The van der Waals surface area contributed by atoms with Crippen LogP contribution in [0.5, 0.6) is 0 Å². The van der Waals surface area contributed by atoms with E-state index in [2.05, 4.69) is 18.2 Å². The van der Waals surface area contributed by atoms with Crippen LogP contribution in [0.3, 0.4) is 0 Å². The fourth-order valence-electron chi connectivity index (χ4n) is 3.10. The maximum Gasteiger partial charge on any atom is 0.326 e. The summed E-state index contributed by atoms with van der Waals surface area (Å²) in [5.41, 5.74) is 3.53. The molecule has 1 aliphatic rings. The molecule has 1 N–H and O–H groups in total. The summed E-state index contributed by atoms with van der Waals surface area (Å²) in [5.74, 6) is -0.921. The minimum atomic E-state index is -0.880. The number of piperidine rings is 1. The summed E-state index contributed by atoms with van der Waals surface area (Å²) in [7, 11) is 0. The van der Waals surface area contributed by atoms with E-state index in [1.807, 2.05) is 13.8 Å². The number of aliphatic carboxylic acids is 1. The molecule has 0 aliphatic carbocycles. The van der Waals surface area contributed by atoms with Crippen molar-refractivity contribution in [3.05, 3.63) is 34.9 Å². The van der Waals surface area contributed by atoms with Crippen molar-refractivity contribution < 1.29 is 14.7 Å². The normalized spacial score (nSPS) is 18.6. The van der Waals surface area contributed by atoms with Crippen LogP contribution in [0.25, 0.3) is 0 Å². The zero-order valence-electron chi connectivity index (χ0n) is 12.8. The van der Waals surface area contributed by atoms with Gasteiger partial charge in [-0.25, -0.2) is 4.79 Å². The van der Waals surface area contributed by atoms with Gasteiger partial charge in [-0.1, -0.05) is 29.3 Å². The molecule has 1 fully saturated rings. The molecule has 0 radical (unpaired) electrons. The van der Waals surface area contributed by atoms with Crippen LogP contribution in [0.2, 0.25) is 0 Å². The van der Waals surface area contributed by atoms with E-state index in [0.717, 1.165) is 18.4 Å². The highest BCUT2D eigenvalue weighted by Crippen LogP contribution is 2.19. The Morgan fingerprint density at radius 1 is 1.19 bits per heavy atom. The number of carbonyl (C=O) groups excluding carboxylic acids is 1. The molecule has 114 valence electrons. The molecule has 1 atom stereocenters. The van der Waals surface area contributed by atoms with Gasteiger partial charge < -0.3 is 10.0 Å². The molecule has 4 heteroatoms. The van der Waals surface area contributed by atoms with E-state index in [1.54, 1.807) is 4.90 Å². The number of carbonyl (C=O) groups is 2. The average molecular weight is 289 g/mol. The van der Waals surface area contributed by atoms with Crippen LogP contribution in [0.4, 0.5) is 0 Å². The van der Waals surface area contributed by atoms with E-state index >= 15 is 0 Å². The summed E-state index contributed by atoms with van der Waals surface area (Å²) in [4.78, 5) is 25.1. The number of likely N-dealkylation sites (tertiary alicyclic amines) is 1. The van der Waals surface area contributed by atoms with Gasteiger partial charge in [0.1, 0.15) is 6.04 Å². The van der Waals surface area contributed by atoms with Crippen molar-refractivity contribution in [2.45, 2.75) is 52.0 Å². The molecule has 1 amide bonds. The van der Waals surface area contributed by atoms with Gasteiger partial charge in [-0.15, -0.1) is 0 Å². The molecule has 1 aliphatic heterocycles. The molecule has 1 heterocycles. The van der Waals surface area contributed by atoms with Crippen LogP contribution in [0.1, 0.15) is 42.4 Å². The molecule has 0 spiro atoms. The van der Waals surface area contributed by atoms with Gasteiger partial charge in [0.15, 0.2) is 0 Å². The largest absolute Gasteiger partial charge is 0.480 e. The highest BCUT2D eigenvalue weighted by molar-refractivity contribution is 5.84. The minimum Gasteiger partial charge on any atom is -0.480 e. The number of aryl methyl sites for hydroxylation is 3. The van der Waals surface area contributed by atoms with Gasteiger partial charge in [0.25, 0.3) is 0 Å². The summed E-state index contributed by atoms with van der Waals surface area (Å²) < 4.78 is 0. The first-order valence-electron chi connectivity index (χ1n) is 7.57. The van der Waals surface area contributed by atoms with Gasteiger partial charge in [0, 0.05) is 13.0 Å². The Morgan fingerprint density at radius 3 is 2.48 bits per heavy atom. The van der Waals surface area contributed by atoms with E-state index in [1.165, 1.54) is 11.1 Å². The number of nitrogens with zero attached hydrogens (tertiary/aromatic N) is 1. The number of amides is 1. The molecular weight excluding hydrogens is 266 g/mol. The van der Waals surface area contributed by atoms with Crippen LogP contribution < -0.4 is 0 Å². The van der Waals surface area contributed by atoms with Crippen molar-refractivity contribution in [3.63, 3.8) is 0 Å². The Kier molecular flexibility index (Phi) is 4.99. The average Bonchev–Trinajstić information content (AvgIpc) is 2.43. The second kappa shape index (κ2) is 6.74. The van der Waals surface area contributed by atoms with E-state index in [9.17, 15) is 14.7 Å². The Labute approximate surface area is 125 Å². The Balaban J connectivity index is 1.98. The van der Waals surface area contributed by atoms with Gasteiger partial charge in [-0.2, -0.15) is 0 Å². The number of carboxylic acids is 1. The monoisotopic (exact) mass is 289 g/mol. The molecule has 1 aromatic rings.